The second-order valence-electron chi connectivity index (χ2n) is 9.38. The van der Waals surface area contributed by atoms with Gasteiger partial charge >= 0.3 is 0 Å². The minimum absolute atomic E-state index is 0.00987. The molecule has 198 valence electrons. The zero-order chi connectivity index (χ0) is 27.0. The first kappa shape index (κ1) is 25.4. The largest absolute Gasteiger partial charge is 0.383 e. The number of aliphatic hydroxyl groups is 1. The fourth-order valence-electron chi connectivity index (χ4n) is 4.67. The molecule has 4 N–H and O–H groups in total. The molecule has 0 spiro atoms. The Morgan fingerprint density at radius 3 is 2.76 bits per heavy atom. The lowest BCUT2D eigenvalue weighted by atomic mass is 10.1. The van der Waals surface area contributed by atoms with Gasteiger partial charge in [0.2, 0.25) is 5.91 Å². The summed E-state index contributed by atoms with van der Waals surface area (Å²) in [6, 6.07) is 11.6. The lowest BCUT2D eigenvalue weighted by molar-refractivity contribution is -0.150. The highest BCUT2D eigenvalue weighted by molar-refractivity contribution is 6.05. The number of hydrogen-bond donors (Lipinski definition) is 3. The second kappa shape index (κ2) is 10.2. The fraction of sp³-hybridized carbons (Fsp3) is 0.346. The molecule has 2 fully saturated rings. The molecule has 5 rings (SSSR count). The third-order valence-corrected chi connectivity index (χ3v) is 6.89. The Balaban J connectivity index is 1.27. The number of likely N-dealkylation sites (N-methyl/N-ethyl adjacent to an activating group) is 1. The van der Waals surface area contributed by atoms with Crippen molar-refractivity contribution in [2.24, 2.45) is 10.7 Å². The molecule has 0 radical (unpaired) electrons. The highest BCUT2D eigenvalue weighted by Crippen LogP contribution is 2.24. The van der Waals surface area contributed by atoms with Crippen LogP contribution < -0.4 is 16.0 Å². The second-order valence-corrected chi connectivity index (χ2v) is 9.38. The number of hydrogen-bond acceptors (Lipinski definition) is 8. The van der Waals surface area contributed by atoms with E-state index >= 15 is 0 Å². The molecule has 38 heavy (non-hydrogen) atoms. The minimum atomic E-state index is -1.76. The van der Waals surface area contributed by atoms with E-state index in [0.29, 0.717) is 42.4 Å². The lowest BCUT2D eigenvalue weighted by Gasteiger charge is -2.34. The summed E-state index contributed by atoms with van der Waals surface area (Å²) in [6.45, 7) is 1.52. The summed E-state index contributed by atoms with van der Waals surface area (Å²) in [5, 5.41) is 13.3. The standard InChI is InChI=1S/C26H28N6O6/c1-30-7-8-31(14-20(30)33)25(36)15-3-2-4-18(12-15)32-9-10-38-22(26(32)37)21(34)24(35)29-17-5-6-19-16(11-17)13-28-23(19)27/h2-6,11-12,21-22,34H,7-10,13-14H2,1H3,(H2,27,28)(H,29,35). The molecule has 2 unspecified atom stereocenters. The van der Waals surface area contributed by atoms with E-state index < -0.39 is 24.0 Å². The van der Waals surface area contributed by atoms with Crippen LogP contribution >= 0.6 is 0 Å². The summed E-state index contributed by atoms with van der Waals surface area (Å²) >= 11 is 0. The first-order valence-corrected chi connectivity index (χ1v) is 12.2. The van der Waals surface area contributed by atoms with Crippen LogP contribution in [0.2, 0.25) is 0 Å². The van der Waals surface area contributed by atoms with Crippen LogP contribution in [0.4, 0.5) is 11.4 Å². The van der Waals surface area contributed by atoms with Crippen LogP contribution in [0.15, 0.2) is 47.5 Å². The molecule has 3 aliphatic rings. The molecule has 4 amide bonds. The predicted octanol–water partition coefficient (Wildman–Crippen LogP) is -0.449. The molecular formula is C26H28N6O6. The summed E-state index contributed by atoms with van der Waals surface area (Å²) in [5.41, 5.74) is 8.66. The summed E-state index contributed by atoms with van der Waals surface area (Å²) in [4.78, 5) is 59.7. The van der Waals surface area contributed by atoms with Gasteiger partial charge in [-0.3, -0.25) is 24.2 Å². The summed E-state index contributed by atoms with van der Waals surface area (Å²) in [6.07, 6.45) is -3.19. The number of nitrogens with one attached hydrogen (secondary N) is 1. The number of anilines is 2. The van der Waals surface area contributed by atoms with Crippen molar-refractivity contribution < 1.29 is 29.0 Å². The molecular weight excluding hydrogens is 492 g/mol. The van der Waals surface area contributed by atoms with Gasteiger partial charge in [-0.05, 0) is 42.0 Å². The number of nitrogens with zero attached hydrogens (tertiary/aromatic N) is 4. The highest BCUT2D eigenvalue weighted by atomic mass is 16.5. The van der Waals surface area contributed by atoms with E-state index in [-0.39, 0.29) is 31.5 Å². The van der Waals surface area contributed by atoms with Crippen molar-refractivity contribution in [2.75, 3.05) is 50.1 Å². The number of amides is 4. The van der Waals surface area contributed by atoms with Gasteiger partial charge < -0.3 is 35.6 Å². The molecule has 2 atom stereocenters. The number of rotatable bonds is 5. The van der Waals surface area contributed by atoms with Gasteiger partial charge in [-0.15, -0.1) is 0 Å². The Bertz CT molecular complexity index is 1340. The Hall–Kier alpha value is -4.29. The molecule has 12 nitrogen and oxygen atoms in total. The van der Waals surface area contributed by atoms with E-state index in [2.05, 4.69) is 10.3 Å². The van der Waals surface area contributed by atoms with E-state index in [1.165, 1.54) is 9.80 Å². The topological polar surface area (TPSA) is 158 Å². The van der Waals surface area contributed by atoms with Gasteiger partial charge in [0, 0.05) is 49.2 Å². The summed E-state index contributed by atoms with van der Waals surface area (Å²) in [5.74, 6) is -1.42. The number of benzene rings is 2. The van der Waals surface area contributed by atoms with E-state index in [0.717, 1.165) is 11.1 Å². The zero-order valence-corrected chi connectivity index (χ0v) is 20.8. The SMILES string of the molecule is CN1CCN(C(=O)c2cccc(N3CCOC(C(O)C(=O)Nc4ccc5c(c4)CN=C5N)C3=O)c2)CC1=O. The van der Waals surface area contributed by atoms with Crippen molar-refractivity contribution in [2.45, 2.75) is 18.8 Å². The quantitative estimate of drug-likeness (QED) is 0.482. The highest BCUT2D eigenvalue weighted by Gasteiger charge is 2.39. The number of carbonyl (C=O) groups is 4. The van der Waals surface area contributed by atoms with E-state index in [9.17, 15) is 24.3 Å². The number of aliphatic imine (C=N–C) groups is 1. The monoisotopic (exact) mass is 520 g/mol. The maximum atomic E-state index is 13.3. The fourth-order valence-corrected chi connectivity index (χ4v) is 4.67. The average Bonchev–Trinajstić information content (AvgIpc) is 3.29. The molecule has 12 heteroatoms. The van der Waals surface area contributed by atoms with Crippen molar-refractivity contribution >= 4 is 40.8 Å². The Morgan fingerprint density at radius 2 is 1.97 bits per heavy atom. The van der Waals surface area contributed by atoms with Crippen molar-refractivity contribution in [1.29, 1.82) is 0 Å². The average molecular weight is 521 g/mol. The summed E-state index contributed by atoms with van der Waals surface area (Å²) < 4.78 is 5.49. The van der Waals surface area contributed by atoms with Gasteiger partial charge in [0.25, 0.3) is 17.7 Å². The number of nitrogens with two attached hydrogens (primary N) is 1. The van der Waals surface area contributed by atoms with Crippen molar-refractivity contribution in [1.82, 2.24) is 9.80 Å². The third kappa shape index (κ3) is 4.83. The van der Waals surface area contributed by atoms with Crippen LogP contribution in [0.5, 0.6) is 0 Å². The number of fused-ring (bicyclic) bond motifs is 1. The van der Waals surface area contributed by atoms with Gasteiger partial charge in [0.05, 0.1) is 13.2 Å². The number of carbonyl (C=O) groups excluding carboxylic acids is 4. The smallest absolute Gasteiger partial charge is 0.259 e. The van der Waals surface area contributed by atoms with Crippen molar-refractivity contribution in [3.63, 3.8) is 0 Å². The molecule has 2 aromatic carbocycles. The van der Waals surface area contributed by atoms with Gasteiger partial charge in [-0.1, -0.05) is 6.07 Å². The normalized spacial score (nSPS) is 20.2. The summed E-state index contributed by atoms with van der Waals surface area (Å²) in [7, 11) is 1.69. The lowest BCUT2D eigenvalue weighted by Crippen LogP contribution is -2.55. The van der Waals surface area contributed by atoms with Gasteiger partial charge in [0.1, 0.15) is 12.4 Å². The van der Waals surface area contributed by atoms with Crippen LogP contribution in [0.3, 0.4) is 0 Å². The van der Waals surface area contributed by atoms with Gasteiger partial charge in [0.15, 0.2) is 12.2 Å². The van der Waals surface area contributed by atoms with E-state index in [1.807, 2.05) is 0 Å². The van der Waals surface area contributed by atoms with Crippen LogP contribution in [-0.4, -0.2) is 96.4 Å². The van der Waals surface area contributed by atoms with Gasteiger partial charge in [-0.2, -0.15) is 0 Å². The Labute approximate surface area is 218 Å². The number of morpholine rings is 1. The van der Waals surface area contributed by atoms with Crippen molar-refractivity contribution in [3.8, 4) is 0 Å². The molecule has 3 heterocycles. The molecule has 0 aromatic heterocycles. The van der Waals surface area contributed by atoms with Crippen LogP contribution in [0.1, 0.15) is 21.5 Å². The molecule has 0 bridgehead atoms. The molecule has 2 aromatic rings. The predicted molar refractivity (Wildman–Crippen MR) is 138 cm³/mol. The zero-order valence-electron chi connectivity index (χ0n) is 20.8. The molecule has 3 aliphatic heterocycles. The Kier molecular flexibility index (Phi) is 6.83. The molecule has 2 saturated heterocycles. The van der Waals surface area contributed by atoms with Crippen LogP contribution in [0, 0.1) is 0 Å². The third-order valence-electron chi connectivity index (χ3n) is 6.89. The van der Waals surface area contributed by atoms with E-state index in [1.54, 1.807) is 54.4 Å². The van der Waals surface area contributed by atoms with Crippen LogP contribution in [0.25, 0.3) is 0 Å². The minimum Gasteiger partial charge on any atom is -0.383 e. The first-order valence-electron chi connectivity index (χ1n) is 12.2. The maximum absolute atomic E-state index is 13.3. The number of amidine groups is 1. The molecule has 0 saturated carbocycles. The van der Waals surface area contributed by atoms with E-state index in [4.69, 9.17) is 10.5 Å². The Morgan fingerprint density at radius 1 is 1.16 bits per heavy atom. The van der Waals surface area contributed by atoms with Crippen LogP contribution in [-0.2, 0) is 25.7 Å². The first-order chi connectivity index (χ1) is 18.2. The number of ether oxygens (including phenoxy) is 1. The maximum Gasteiger partial charge on any atom is 0.259 e. The number of piperazine rings is 1. The van der Waals surface area contributed by atoms with Crippen molar-refractivity contribution in [3.05, 3.63) is 59.2 Å². The van der Waals surface area contributed by atoms with Gasteiger partial charge in [-0.25, -0.2) is 0 Å². The number of aliphatic hydroxyl groups excluding tert-OH is 1. The molecule has 0 aliphatic carbocycles.